The number of nitrogens with one attached hydrogen (secondary N) is 1. The molecule has 0 aromatic carbocycles. The van der Waals surface area contributed by atoms with Crippen molar-refractivity contribution in [3.63, 3.8) is 0 Å². The van der Waals surface area contributed by atoms with E-state index in [4.69, 9.17) is 10.8 Å². The molecule has 2 aromatic heterocycles. The van der Waals surface area contributed by atoms with Gasteiger partial charge in [-0.25, -0.2) is 15.0 Å². The number of anilines is 2. The van der Waals surface area contributed by atoms with Crippen molar-refractivity contribution in [2.24, 2.45) is 0 Å². The van der Waals surface area contributed by atoms with Crippen molar-refractivity contribution in [3.05, 3.63) is 6.33 Å². The van der Waals surface area contributed by atoms with Gasteiger partial charge >= 0.3 is 12.4 Å². The maximum Gasteiger partial charge on any atom is 0.428 e. The molecular weight excluding hydrogens is 340 g/mol. The van der Waals surface area contributed by atoms with Gasteiger partial charge in [-0.15, -0.1) is 0 Å². The summed E-state index contributed by atoms with van der Waals surface area (Å²) in [6, 6.07) is 0. The highest BCUT2D eigenvalue weighted by Gasteiger charge is 2.70. The first-order valence-electron chi connectivity index (χ1n) is 5.42. The lowest BCUT2D eigenvalue weighted by Crippen LogP contribution is -2.61. The molecule has 122 valence electrons. The summed E-state index contributed by atoms with van der Waals surface area (Å²) in [6.45, 7) is -1.89. The van der Waals surface area contributed by atoms with E-state index < -0.39 is 30.3 Å². The van der Waals surface area contributed by atoms with Gasteiger partial charge in [-0.3, -0.25) is 0 Å². The van der Waals surface area contributed by atoms with Gasteiger partial charge in [-0.1, -0.05) is 11.3 Å². The van der Waals surface area contributed by atoms with Gasteiger partial charge in [0.25, 0.3) is 5.60 Å². The van der Waals surface area contributed by atoms with E-state index in [2.05, 4.69) is 15.0 Å². The predicted molar refractivity (Wildman–Crippen MR) is 65.2 cm³/mol. The second kappa shape index (κ2) is 5.08. The van der Waals surface area contributed by atoms with Crippen molar-refractivity contribution in [2.45, 2.75) is 18.0 Å². The number of halogens is 6. The first-order chi connectivity index (χ1) is 9.96. The van der Waals surface area contributed by atoms with Crippen molar-refractivity contribution in [1.82, 2.24) is 15.0 Å². The van der Waals surface area contributed by atoms with Gasteiger partial charge < -0.3 is 16.2 Å². The zero-order chi connectivity index (χ0) is 16.8. The zero-order valence-electron chi connectivity index (χ0n) is 10.3. The molecule has 0 radical (unpaired) electrons. The molecule has 4 N–H and O–H groups in total. The number of thiazole rings is 1. The van der Waals surface area contributed by atoms with Gasteiger partial charge in [0.05, 0.1) is 6.54 Å². The molecule has 22 heavy (non-hydrogen) atoms. The summed E-state index contributed by atoms with van der Waals surface area (Å²) in [5, 5.41) is 10.8. The highest BCUT2D eigenvalue weighted by Crippen LogP contribution is 2.43. The number of nitrogens with two attached hydrogens (primary N) is 1. The van der Waals surface area contributed by atoms with Crippen LogP contribution in [0, 0.1) is 0 Å². The Labute approximate surface area is 122 Å². The van der Waals surface area contributed by atoms with Crippen molar-refractivity contribution >= 4 is 32.6 Å². The first-order valence-corrected chi connectivity index (χ1v) is 6.24. The van der Waals surface area contributed by atoms with Gasteiger partial charge in [0.15, 0.2) is 15.8 Å². The topological polar surface area (TPSA) is 97.0 Å². The van der Waals surface area contributed by atoms with Crippen LogP contribution in [0.2, 0.25) is 0 Å². The number of fused-ring (bicyclic) bond motifs is 1. The van der Waals surface area contributed by atoms with Crippen LogP contribution < -0.4 is 11.1 Å². The molecular formula is C9H7F6N5OS. The Morgan fingerprint density at radius 1 is 1.14 bits per heavy atom. The average Bonchev–Trinajstić information content (AvgIpc) is 2.73. The Balaban J connectivity index is 2.33. The van der Waals surface area contributed by atoms with Crippen LogP contribution >= 0.6 is 11.3 Å². The fourth-order valence-corrected chi connectivity index (χ4v) is 2.15. The Kier molecular flexibility index (Phi) is 3.81. The number of alkyl halides is 6. The number of nitrogen functional groups attached to an aromatic ring is 1. The third kappa shape index (κ3) is 2.72. The van der Waals surface area contributed by atoms with E-state index in [9.17, 15) is 26.3 Å². The Morgan fingerprint density at radius 3 is 2.27 bits per heavy atom. The summed E-state index contributed by atoms with van der Waals surface area (Å²) in [5.41, 5.74) is 0.364. The smallest absolute Gasteiger partial charge is 0.375 e. The summed E-state index contributed by atoms with van der Waals surface area (Å²) < 4.78 is 75.3. The van der Waals surface area contributed by atoms with Crippen LogP contribution in [-0.2, 0) is 0 Å². The molecule has 0 unspecified atom stereocenters. The third-order valence-corrected chi connectivity index (χ3v) is 3.45. The van der Waals surface area contributed by atoms with Crippen LogP contribution in [0.4, 0.5) is 37.3 Å². The number of rotatable bonds is 3. The van der Waals surface area contributed by atoms with Crippen molar-refractivity contribution in [1.29, 1.82) is 0 Å². The summed E-state index contributed by atoms with van der Waals surface area (Å²) in [6.07, 6.45) is -10.9. The molecule has 2 rings (SSSR count). The van der Waals surface area contributed by atoms with Gasteiger partial charge in [0.2, 0.25) is 0 Å². The summed E-state index contributed by atoms with van der Waals surface area (Å²) in [5.74, 6) is -0.398. The molecule has 0 aliphatic rings. The molecule has 0 saturated carbocycles. The minimum atomic E-state index is -5.93. The van der Waals surface area contributed by atoms with Crippen molar-refractivity contribution in [3.8, 4) is 0 Å². The Morgan fingerprint density at radius 2 is 1.73 bits per heavy atom. The van der Waals surface area contributed by atoms with Gasteiger partial charge in [0.1, 0.15) is 11.8 Å². The molecule has 0 saturated heterocycles. The highest BCUT2D eigenvalue weighted by molar-refractivity contribution is 7.21. The molecule has 0 aliphatic heterocycles. The van der Waals surface area contributed by atoms with Crippen LogP contribution in [0.5, 0.6) is 0 Å². The number of hydrogen-bond donors (Lipinski definition) is 3. The van der Waals surface area contributed by atoms with Crippen LogP contribution in [-0.4, -0.2) is 44.6 Å². The maximum absolute atomic E-state index is 12.5. The zero-order valence-corrected chi connectivity index (χ0v) is 11.1. The Hall–Kier alpha value is -1.89. The van der Waals surface area contributed by atoms with E-state index in [0.29, 0.717) is 0 Å². The number of hydrogen-bond acceptors (Lipinski definition) is 7. The van der Waals surface area contributed by atoms with Crippen molar-refractivity contribution in [2.75, 3.05) is 17.6 Å². The van der Waals surface area contributed by atoms with E-state index >= 15 is 0 Å². The molecule has 0 amide bonds. The molecule has 0 fully saturated rings. The lowest BCUT2D eigenvalue weighted by molar-refractivity contribution is -0.362. The number of aromatic nitrogens is 3. The van der Waals surface area contributed by atoms with E-state index in [1.54, 1.807) is 5.32 Å². The van der Waals surface area contributed by atoms with E-state index in [1.165, 1.54) is 0 Å². The first kappa shape index (κ1) is 16.5. The molecule has 13 heteroatoms. The van der Waals surface area contributed by atoms with Crippen LogP contribution in [0.25, 0.3) is 10.3 Å². The lowest BCUT2D eigenvalue weighted by atomic mass is 10.0. The van der Waals surface area contributed by atoms with Crippen LogP contribution in [0.3, 0.4) is 0 Å². The van der Waals surface area contributed by atoms with E-state index in [0.717, 1.165) is 17.7 Å². The molecule has 2 heterocycles. The minimum Gasteiger partial charge on any atom is -0.375 e. The lowest BCUT2D eigenvalue weighted by Gasteiger charge is -2.32. The third-order valence-electron chi connectivity index (χ3n) is 2.66. The van der Waals surface area contributed by atoms with Gasteiger partial charge in [-0.2, -0.15) is 26.3 Å². The summed E-state index contributed by atoms with van der Waals surface area (Å²) >= 11 is 0.879. The standard InChI is InChI=1S/C9H7F6N5OS/c10-8(11,12)7(21,9(13,14)15)1-17-4-3-5(19-2-18-4)22-6(16)20-3/h2,21H,1H2,(H2,16,20)(H,17,18,19). The van der Waals surface area contributed by atoms with Crippen LogP contribution in [0.1, 0.15) is 0 Å². The van der Waals surface area contributed by atoms with Gasteiger partial charge in [-0.05, 0) is 0 Å². The summed E-state index contributed by atoms with van der Waals surface area (Å²) in [7, 11) is 0. The molecule has 6 nitrogen and oxygen atoms in total. The molecule has 0 bridgehead atoms. The average molecular weight is 347 g/mol. The fourth-order valence-electron chi connectivity index (χ4n) is 1.47. The fraction of sp³-hybridized carbons (Fsp3) is 0.444. The Bertz CT molecular complexity index is 669. The van der Waals surface area contributed by atoms with E-state index in [1.807, 2.05) is 0 Å². The highest BCUT2D eigenvalue weighted by atomic mass is 32.1. The monoisotopic (exact) mass is 347 g/mol. The molecule has 2 aromatic rings. The van der Waals surface area contributed by atoms with Crippen molar-refractivity contribution < 1.29 is 31.4 Å². The van der Waals surface area contributed by atoms with Crippen LogP contribution in [0.15, 0.2) is 6.33 Å². The number of aliphatic hydroxyl groups is 1. The molecule has 0 spiro atoms. The maximum atomic E-state index is 12.5. The molecule has 0 atom stereocenters. The predicted octanol–water partition coefficient (Wildman–Crippen LogP) is 1.94. The van der Waals surface area contributed by atoms with Gasteiger partial charge in [0, 0.05) is 0 Å². The second-order valence-electron chi connectivity index (χ2n) is 4.14. The SMILES string of the molecule is Nc1nc2c(NCC(O)(C(F)(F)F)C(F)(F)F)ncnc2s1. The normalized spacial score (nSPS) is 13.6. The van der Waals surface area contributed by atoms with E-state index in [-0.39, 0.29) is 15.5 Å². The minimum absolute atomic E-state index is 0.0143. The summed E-state index contributed by atoms with van der Waals surface area (Å²) in [4.78, 5) is 11.1. The molecule has 0 aliphatic carbocycles. The quantitative estimate of drug-likeness (QED) is 0.734. The number of nitrogens with zero attached hydrogens (tertiary/aromatic N) is 3. The second-order valence-corrected chi connectivity index (χ2v) is 5.15. The largest absolute Gasteiger partial charge is 0.428 e.